The molecule has 0 spiro atoms. The van der Waals surface area contributed by atoms with Crippen molar-refractivity contribution in [3.8, 4) is 0 Å². The average Bonchev–Trinajstić information content (AvgIpc) is 2.96. The normalized spacial score (nSPS) is 17.1. The van der Waals surface area contributed by atoms with E-state index in [1.165, 1.54) is 23.1 Å². The zero-order chi connectivity index (χ0) is 14.5. The molecular formula is C18H22N2O. The average molecular weight is 282 g/mol. The molecule has 110 valence electrons. The van der Waals surface area contributed by atoms with Gasteiger partial charge < -0.3 is 5.11 Å². The van der Waals surface area contributed by atoms with Crippen molar-refractivity contribution >= 4 is 0 Å². The summed E-state index contributed by atoms with van der Waals surface area (Å²) in [4.78, 5) is 6.59. The summed E-state index contributed by atoms with van der Waals surface area (Å²) in [5, 5.41) is 9.18. The van der Waals surface area contributed by atoms with E-state index in [0.29, 0.717) is 6.04 Å². The minimum Gasteiger partial charge on any atom is -0.396 e. The molecule has 0 bridgehead atoms. The maximum atomic E-state index is 9.18. The zero-order valence-electron chi connectivity index (χ0n) is 12.3. The van der Waals surface area contributed by atoms with Crippen LogP contribution >= 0.6 is 0 Å². The molecule has 0 fully saturated rings. The minimum absolute atomic E-state index is 0.251. The molecule has 1 atom stereocenters. The van der Waals surface area contributed by atoms with Gasteiger partial charge >= 0.3 is 0 Å². The predicted octanol–water partition coefficient (Wildman–Crippen LogP) is 2.95. The van der Waals surface area contributed by atoms with Crippen LogP contribution < -0.4 is 0 Å². The largest absolute Gasteiger partial charge is 0.396 e. The van der Waals surface area contributed by atoms with Crippen LogP contribution in [0.5, 0.6) is 0 Å². The summed E-state index contributed by atoms with van der Waals surface area (Å²) >= 11 is 0. The van der Waals surface area contributed by atoms with Crippen molar-refractivity contribution in [3.05, 3.63) is 65.5 Å². The van der Waals surface area contributed by atoms with Gasteiger partial charge in [-0.05, 0) is 48.1 Å². The second-order valence-corrected chi connectivity index (χ2v) is 5.66. The van der Waals surface area contributed by atoms with Crippen LogP contribution in [0, 0.1) is 0 Å². The molecule has 1 N–H and O–H groups in total. The Kier molecular flexibility index (Phi) is 4.63. The van der Waals surface area contributed by atoms with Crippen molar-refractivity contribution < 1.29 is 5.11 Å². The molecule has 0 aliphatic heterocycles. The van der Waals surface area contributed by atoms with Crippen LogP contribution in [0.15, 0.2) is 48.8 Å². The van der Waals surface area contributed by atoms with Crippen LogP contribution in [0.2, 0.25) is 0 Å². The van der Waals surface area contributed by atoms with Gasteiger partial charge in [0.25, 0.3) is 0 Å². The maximum absolute atomic E-state index is 9.18. The maximum Gasteiger partial charge on any atom is 0.0443 e. The van der Waals surface area contributed by atoms with Gasteiger partial charge in [-0.3, -0.25) is 9.88 Å². The fourth-order valence-electron chi connectivity index (χ4n) is 3.26. The van der Waals surface area contributed by atoms with Gasteiger partial charge in [-0.2, -0.15) is 0 Å². The van der Waals surface area contributed by atoms with E-state index in [0.717, 1.165) is 25.9 Å². The highest BCUT2D eigenvalue weighted by atomic mass is 16.3. The van der Waals surface area contributed by atoms with E-state index in [1.54, 1.807) is 0 Å². The van der Waals surface area contributed by atoms with E-state index in [4.69, 9.17) is 0 Å². The number of aromatic nitrogens is 1. The van der Waals surface area contributed by atoms with Crippen molar-refractivity contribution in [3.63, 3.8) is 0 Å². The Morgan fingerprint density at radius 1 is 1.14 bits per heavy atom. The Bertz CT molecular complexity index is 570. The van der Waals surface area contributed by atoms with Gasteiger partial charge in [0, 0.05) is 38.1 Å². The number of benzene rings is 1. The van der Waals surface area contributed by atoms with Gasteiger partial charge in [0.1, 0.15) is 0 Å². The van der Waals surface area contributed by atoms with Crippen LogP contribution in [-0.2, 0) is 13.0 Å². The molecule has 21 heavy (non-hydrogen) atoms. The summed E-state index contributed by atoms with van der Waals surface area (Å²) in [6, 6.07) is 13.4. The SMILES string of the molecule is OCCCN(Cc1ccncc1)C1CCc2ccccc21. The van der Waals surface area contributed by atoms with Gasteiger partial charge in [0.05, 0.1) is 0 Å². The highest BCUT2D eigenvalue weighted by Crippen LogP contribution is 2.36. The summed E-state index contributed by atoms with van der Waals surface area (Å²) in [6.07, 6.45) is 6.86. The van der Waals surface area contributed by atoms with Gasteiger partial charge in [-0.25, -0.2) is 0 Å². The third kappa shape index (κ3) is 3.31. The van der Waals surface area contributed by atoms with Crippen LogP contribution in [0.4, 0.5) is 0 Å². The molecule has 1 unspecified atom stereocenters. The first kappa shape index (κ1) is 14.2. The Morgan fingerprint density at radius 3 is 2.76 bits per heavy atom. The van der Waals surface area contributed by atoms with Gasteiger partial charge in [0.2, 0.25) is 0 Å². The zero-order valence-corrected chi connectivity index (χ0v) is 12.3. The van der Waals surface area contributed by atoms with Crippen molar-refractivity contribution in [1.82, 2.24) is 9.88 Å². The number of hydrogen-bond donors (Lipinski definition) is 1. The highest BCUT2D eigenvalue weighted by Gasteiger charge is 2.27. The first-order chi connectivity index (χ1) is 10.4. The Labute approximate surface area is 126 Å². The molecular weight excluding hydrogens is 260 g/mol. The molecule has 1 heterocycles. The fraction of sp³-hybridized carbons (Fsp3) is 0.389. The third-order valence-corrected chi connectivity index (χ3v) is 4.28. The second-order valence-electron chi connectivity index (χ2n) is 5.66. The highest BCUT2D eigenvalue weighted by molar-refractivity contribution is 5.34. The molecule has 0 radical (unpaired) electrons. The lowest BCUT2D eigenvalue weighted by atomic mass is 10.1. The Morgan fingerprint density at radius 2 is 1.95 bits per heavy atom. The first-order valence-corrected chi connectivity index (χ1v) is 7.70. The minimum atomic E-state index is 0.251. The van der Waals surface area contributed by atoms with E-state index >= 15 is 0 Å². The van der Waals surface area contributed by atoms with Crippen LogP contribution in [0.25, 0.3) is 0 Å². The summed E-state index contributed by atoms with van der Waals surface area (Å²) in [5.74, 6) is 0. The van der Waals surface area contributed by atoms with Crippen LogP contribution in [-0.4, -0.2) is 28.1 Å². The van der Waals surface area contributed by atoms with Gasteiger partial charge in [-0.15, -0.1) is 0 Å². The standard InChI is InChI=1S/C18H22N2O/c21-13-3-12-20(14-15-8-10-19-11-9-15)18-7-6-16-4-1-2-5-17(16)18/h1-2,4-5,8-11,18,21H,3,6-7,12-14H2. The topological polar surface area (TPSA) is 36.4 Å². The number of aliphatic hydroxyl groups excluding tert-OH is 1. The smallest absolute Gasteiger partial charge is 0.0443 e. The number of rotatable bonds is 6. The van der Waals surface area contributed by atoms with E-state index < -0.39 is 0 Å². The van der Waals surface area contributed by atoms with Crippen LogP contribution in [0.3, 0.4) is 0 Å². The van der Waals surface area contributed by atoms with Gasteiger partial charge in [0.15, 0.2) is 0 Å². The number of pyridine rings is 1. The van der Waals surface area contributed by atoms with Gasteiger partial charge in [-0.1, -0.05) is 24.3 Å². The van der Waals surface area contributed by atoms with Crippen molar-refractivity contribution in [2.75, 3.05) is 13.2 Å². The summed E-state index contributed by atoms with van der Waals surface area (Å²) < 4.78 is 0. The first-order valence-electron chi connectivity index (χ1n) is 7.70. The van der Waals surface area contributed by atoms with Crippen molar-refractivity contribution in [2.24, 2.45) is 0 Å². The number of aliphatic hydroxyl groups is 1. The molecule has 3 rings (SSSR count). The molecule has 0 saturated heterocycles. The van der Waals surface area contributed by atoms with E-state index in [2.05, 4.69) is 46.3 Å². The molecule has 0 saturated carbocycles. The van der Waals surface area contributed by atoms with E-state index in [1.807, 2.05) is 12.4 Å². The lowest BCUT2D eigenvalue weighted by molar-refractivity contribution is 0.166. The van der Waals surface area contributed by atoms with Crippen LogP contribution in [0.1, 0.15) is 35.6 Å². The third-order valence-electron chi connectivity index (χ3n) is 4.28. The number of hydrogen-bond acceptors (Lipinski definition) is 3. The Hall–Kier alpha value is -1.71. The molecule has 0 amide bonds. The predicted molar refractivity (Wildman–Crippen MR) is 83.9 cm³/mol. The molecule has 1 aromatic heterocycles. The number of fused-ring (bicyclic) bond motifs is 1. The monoisotopic (exact) mass is 282 g/mol. The fourth-order valence-corrected chi connectivity index (χ4v) is 3.26. The molecule has 1 aromatic carbocycles. The number of aryl methyl sites for hydroxylation is 1. The van der Waals surface area contributed by atoms with Crippen molar-refractivity contribution in [1.29, 1.82) is 0 Å². The lowest BCUT2D eigenvalue weighted by Gasteiger charge is -2.29. The summed E-state index contributed by atoms with van der Waals surface area (Å²) in [6.45, 7) is 2.10. The molecule has 2 aromatic rings. The van der Waals surface area contributed by atoms with E-state index in [9.17, 15) is 5.11 Å². The summed E-state index contributed by atoms with van der Waals surface area (Å²) in [5.41, 5.74) is 4.23. The quantitative estimate of drug-likeness (QED) is 0.885. The lowest BCUT2D eigenvalue weighted by Crippen LogP contribution is -2.28. The van der Waals surface area contributed by atoms with E-state index in [-0.39, 0.29) is 6.61 Å². The molecule has 1 aliphatic carbocycles. The molecule has 3 nitrogen and oxygen atoms in total. The molecule has 1 aliphatic rings. The second kappa shape index (κ2) is 6.83. The Balaban J connectivity index is 1.80. The number of nitrogens with zero attached hydrogens (tertiary/aromatic N) is 2. The summed E-state index contributed by atoms with van der Waals surface area (Å²) in [7, 11) is 0. The van der Waals surface area contributed by atoms with Crippen molar-refractivity contribution in [2.45, 2.75) is 31.8 Å². The molecule has 3 heteroatoms.